The van der Waals surface area contributed by atoms with Gasteiger partial charge >= 0.3 is 0 Å². The summed E-state index contributed by atoms with van der Waals surface area (Å²) in [5.74, 6) is 0.694. The lowest BCUT2D eigenvalue weighted by Gasteiger charge is -2.32. The zero-order valence-corrected chi connectivity index (χ0v) is 15.0. The summed E-state index contributed by atoms with van der Waals surface area (Å²) < 4.78 is 32.5. The largest absolute Gasteiger partial charge is 0.496 e. The van der Waals surface area contributed by atoms with Gasteiger partial charge < -0.3 is 14.5 Å². The van der Waals surface area contributed by atoms with Crippen molar-refractivity contribution in [2.24, 2.45) is 0 Å². The number of ether oxygens (including phenoxy) is 1. The van der Waals surface area contributed by atoms with Gasteiger partial charge in [0.25, 0.3) is 0 Å². The number of aryl methyl sites for hydroxylation is 1. The van der Waals surface area contributed by atoms with E-state index in [1.54, 1.807) is 25.3 Å². The highest BCUT2D eigenvalue weighted by Gasteiger charge is 2.16. The maximum atomic E-state index is 12.3. The molecule has 0 unspecified atom stereocenters. The number of methoxy groups -OCH3 is 1. The van der Waals surface area contributed by atoms with Crippen molar-refractivity contribution in [2.75, 3.05) is 53.4 Å². The maximum Gasteiger partial charge on any atom is 0.240 e. The quantitative estimate of drug-likeness (QED) is 0.747. The zero-order valence-electron chi connectivity index (χ0n) is 14.2. The van der Waals surface area contributed by atoms with E-state index in [-0.39, 0.29) is 4.90 Å². The van der Waals surface area contributed by atoms with Crippen LogP contribution in [0.1, 0.15) is 12.0 Å². The summed E-state index contributed by atoms with van der Waals surface area (Å²) in [6, 6.07) is 4.91. The van der Waals surface area contributed by atoms with Crippen molar-refractivity contribution in [3.8, 4) is 5.75 Å². The molecule has 0 aromatic heterocycles. The van der Waals surface area contributed by atoms with Crippen LogP contribution in [-0.4, -0.2) is 71.6 Å². The van der Waals surface area contributed by atoms with E-state index < -0.39 is 10.0 Å². The Balaban J connectivity index is 1.81. The topological polar surface area (TPSA) is 61.9 Å². The van der Waals surface area contributed by atoms with Crippen molar-refractivity contribution >= 4 is 10.0 Å². The minimum Gasteiger partial charge on any atom is -0.496 e. The number of hydrogen-bond acceptors (Lipinski definition) is 5. The number of nitrogens with one attached hydrogen (secondary N) is 1. The Kier molecular flexibility index (Phi) is 6.41. The second kappa shape index (κ2) is 8.10. The highest BCUT2D eigenvalue weighted by Crippen LogP contribution is 2.21. The molecule has 1 aromatic carbocycles. The summed E-state index contributed by atoms with van der Waals surface area (Å²) in [6.07, 6.45) is 0.818. The maximum absolute atomic E-state index is 12.3. The predicted octanol–water partition coefficient (Wildman–Crippen LogP) is 0.919. The minimum atomic E-state index is -3.45. The van der Waals surface area contributed by atoms with Crippen molar-refractivity contribution in [3.63, 3.8) is 0 Å². The number of benzene rings is 1. The van der Waals surface area contributed by atoms with Crippen LogP contribution in [0.15, 0.2) is 23.1 Å². The molecule has 0 saturated carbocycles. The first-order valence-electron chi connectivity index (χ1n) is 7.97. The van der Waals surface area contributed by atoms with Crippen LogP contribution in [-0.2, 0) is 10.0 Å². The first kappa shape index (κ1) is 18.2. The third-order valence-corrected chi connectivity index (χ3v) is 5.67. The molecule has 1 aliphatic heterocycles. The molecule has 2 rings (SSSR count). The Labute approximate surface area is 139 Å². The smallest absolute Gasteiger partial charge is 0.240 e. The second-order valence-electron chi connectivity index (χ2n) is 6.03. The molecule has 0 atom stereocenters. The lowest BCUT2D eigenvalue weighted by atomic mass is 10.2. The molecule has 1 aromatic rings. The summed E-state index contributed by atoms with van der Waals surface area (Å²) in [4.78, 5) is 4.98. The standard InChI is InChI=1S/C16H27N3O3S/c1-14-13-15(5-6-16(14)22-3)23(20,21)17-7-4-8-19-11-9-18(2)10-12-19/h5-6,13,17H,4,7-12H2,1-3H3. The first-order valence-corrected chi connectivity index (χ1v) is 9.46. The van der Waals surface area contributed by atoms with Gasteiger partial charge in [-0.1, -0.05) is 0 Å². The Morgan fingerprint density at radius 2 is 1.91 bits per heavy atom. The van der Waals surface area contributed by atoms with E-state index in [0.29, 0.717) is 12.3 Å². The molecule has 6 nitrogen and oxygen atoms in total. The van der Waals surface area contributed by atoms with Crippen molar-refractivity contribution in [2.45, 2.75) is 18.2 Å². The second-order valence-corrected chi connectivity index (χ2v) is 7.79. The number of sulfonamides is 1. The summed E-state index contributed by atoms with van der Waals surface area (Å²) in [6.45, 7) is 7.50. The molecule has 0 aliphatic carbocycles. The van der Waals surface area contributed by atoms with Crippen LogP contribution >= 0.6 is 0 Å². The lowest BCUT2D eigenvalue weighted by molar-refractivity contribution is 0.153. The third kappa shape index (κ3) is 5.17. The minimum absolute atomic E-state index is 0.287. The van der Waals surface area contributed by atoms with Crippen molar-refractivity contribution in [3.05, 3.63) is 23.8 Å². The van der Waals surface area contributed by atoms with Gasteiger partial charge in [0.2, 0.25) is 10.0 Å². The van der Waals surface area contributed by atoms with E-state index in [1.807, 2.05) is 6.92 Å². The average Bonchev–Trinajstić information content (AvgIpc) is 2.53. The molecule has 1 saturated heterocycles. The third-order valence-electron chi connectivity index (χ3n) is 4.22. The molecule has 1 N–H and O–H groups in total. The molecular weight excluding hydrogens is 314 g/mol. The van der Waals surface area contributed by atoms with Gasteiger partial charge in [-0.05, 0) is 50.7 Å². The monoisotopic (exact) mass is 341 g/mol. The summed E-state index contributed by atoms with van der Waals surface area (Å²) in [5, 5.41) is 0. The van der Waals surface area contributed by atoms with E-state index in [0.717, 1.165) is 44.7 Å². The van der Waals surface area contributed by atoms with Crippen LogP contribution in [0.2, 0.25) is 0 Å². The molecule has 0 spiro atoms. The fourth-order valence-electron chi connectivity index (χ4n) is 2.68. The number of nitrogens with zero attached hydrogens (tertiary/aromatic N) is 2. The number of piperazine rings is 1. The van der Waals surface area contributed by atoms with Gasteiger partial charge in [0, 0.05) is 32.7 Å². The van der Waals surface area contributed by atoms with Gasteiger partial charge in [0.05, 0.1) is 12.0 Å². The summed E-state index contributed by atoms with van der Waals surface area (Å²) in [7, 11) is 0.252. The SMILES string of the molecule is COc1ccc(S(=O)(=O)NCCCN2CCN(C)CC2)cc1C. The molecule has 130 valence electrons. The lowest BCUT2D eigenvalue weighted by Crippen LogP contribution is -2.45. The van der Waals surface area contributed by atoms with Crippen molar-refractivity contribution < 1.29 is 13.2 Å². The van der Waals surface area contributed by atoms with Crippen molar-refractivity contribution in [1.82, 2.24) is 14.5 Å². The Morgan fingerprint density at radius 3 is 2.52 bits per heavy atom. The molecule has 0 bridgehead atoms. The molecule has 1 fully saturated rings. The normalized spacial score (nSPS) is 17.3. The van der Waals surface area contributed by atoms with Crippen LogP contribution in [0.5, 0.6) is 5.75 Å². The molecular formula is C16H27N3O3S. The fourth-order valence-corrected chi connectivity index (χ4v) is 3.84. The van der Waals surface area contributed by atoms with Crippen LogP contribution in [0.3, 0.4) is 0 Å². The van der Waals surface area contributed by atoms with E-state index in [4.69, 9.17) is 4.74 Å². The van der Waals surface area contributed by atoms with Gasteiger partial charge in [-0.15, -0.1) is 0 Å². The Bertz CT molecular complexity index is 611. The molecule has 1 aliphatic rings. The fraction of sp³-hybridized carbons (Fsp3) is 0.625. The molecule has 23 heavy (non-hydrogen) atoms. The molecule has 0 radical (unpaired) electrons. The molecule has 1 heterocycles. The summed E-state index contributed by atoms with van der Waals surface area (Å²) in [5.41, 5.74) is 0.813. The molecule has 0 amide bonds. The van der Waals surface area contributed by atoms with Gasteiger partial charge in [0.1, 0.15) is 5.75 Å². The van der Waals surface area contributed by atoms with E-state index in [1.165, 1.54) is 0 Å². The van der Waals surface area contributed by atoms with Gasteiger partial charge in [-0.2, -0.15) is 0 Å². The Morgan fingerprint density at radius 1 is 1.22 bits per heavy atom. The predicted molar refractivity (Wildman–Crippen MR) is 91.5 cm³/mol. The van der Waals surface area contributed by atoms with Crippen LogP contribution in [0.4, 0.5) is 0 Å². The van der Waals surface area contributed by atoms with E-state index in [2.05, 4.69) is 21.6 Å². The van der Waals surface area contributed by atoms with Crippen molar-refractivity contribution in [1.29, 1.82) is 0 Å². The first-order chi connectivity index (χ1) is 10.9. The average molecular weight is 341 g/mol. The number of likely N-dealkylation sites (N-methyl/N-ethyl adjacent to an activating group) is 1. The van der Waals surface area contributed by atoms with Gasteiger partial charge in [-0.3, -0.25) is 0 Å². The van der Waals surface area contributed by atoms with E-state index in [9.17, 15) is 8.42 Å². The highest BCUT2D eigenvalue weighted by molar-refractivity contribution is 7.89. The van der Waals surface area contributed by atoms with Crippen LogP contribution in [0, 0.1) is 6.92 Å². The Hall–Kier alpha value is -1.15. The highest BCUT2D eigenvalue weighted by atomic mass is 32.2. The van der Waals surface area contributed by atoms with Gasteiger partial charge in [-0.25, -0.2) is 13.1 Å². The molecule has 7 heteroatoms. The van der Waals surface area contributed by atoms with Crippen LogP contribution < -0.4 is 9.46 Å². The number of hydrogen-bond donors (Lipinski definition) is 1. The number of rotatable bonds is 7. The van der Waals surface area contributed by atoms with Crippen LogP contribution in [0.25, 0.3) is 0 Å². The van der Waals surface area contributed by atoms with Gasteiger partial charge in [0.15, 0.2) is 0 Å². The zero-order chi connectivity index (χ0) is 16.9. The summed E-state index contributed by atoms with van der Waals surface area (Å²) >= 11 is 0. The van der Waals surface area contributed by atoms with E-state index >= 15 is 0 Å².